The van der Waals surface area contributed by atoms with Gasteiger partial charge in [-0.25, -0.2) is 9.71 Å². The summed E-state index contributed by atoms with van der Waals surface area (Å²) in [4.78, 5) is 4.13. The molecular formula is C11H20N4O2S2. The third kappa shape index (κ3) is 4.22. The summed E-state index contributed by atoms with van der Waals surface area (Å²) in [6.45, 7) is 2.16. The molecule has 2 rings (SSSR count). The molecule has 0 spiro atoms. The molecule has 1 fully saturated rings. The maximum Gasteiger partial charge on any atom is 0.279 e. The first-order valence-corrected chi connectivity index (χ1v) is 8.82. The van der Waals surface area contributed by atoms with Crippen LogP contribution in [0.1, 0.15) is 18.5 Å². The number of rotatable bonds is 6. The SMILES string of the molecule is NCC1CCN(S(=O)(=O)NCCc2cscn2)CC1. The van der Waals surface area contributed by atoms with E-state index in [0.29, 0.717) is 38.5 Å². The summed E-state index contributed by atoms with van der Waals surface area (Å²) in [7, 11) is -3.35. The van der Waals surface area contributed by atoms with Gasteiger partial charge in [0.2, 0.25) is 0 Å². The van der Waals surface area contributed by atoms with Crippen LogP contribution < -0.4 is 10.5 Å². The molecule has 1 saturated heterocycles. The lowest BCUT2D eigenvalue weighted by atomic mass is 9.99. The minimum absolute atomic E-state index is 0.392. The Morgan fingerprint density at radius 3 is 2.79 bits per heavy atom. The number of aromatic nitrogens is 1. The highest BCUT2D eigenvalue weighted by atomic mass is 32.2. The van der Waals surface area contributed by atoms with Gasteiger partial charge in [0.25, 0.3) is 10.2 Å². The van der Waals surface area contributed by atoms with Gasteiger partial charge < -0.3 is 5.73 Å². The second-order valence-corrected chi connectivity index (χ2v) is 7.18. The Kier molecular flexibility index (Phi) is 5.28. The number of nitrogens with one attached hydrogen (secondary N) is 1. The van der Waals surface area contributed by atoms with Gasteiger partial charge in [-0.15, -0.1) is 11.3 Å². The summed E-state index contributed by atoms with van der Waals surface area (Å²) in [5, 5.41) is 1.93. The van der Waals surface area contributed by atoms with E-state index < -0.39 is 10.2 Å². The molecule has 2 heterocycles. The Hall–Kier alpha value is -0.540. The van der Waals surface area contributed by atoms with E-state index in [0.717, 1.165) is 18.5 Å². The topological polar surface area (TPSA) is 88.3 Å². The molecule has 0 amide bonds. The summed E-state index contributed by atoms with van der Waals surface area (Å²) < 4.78 is 28.3. The number of hydrogen-bond donors (Lipinski definition) is 2. The molecule has 1 aromatic rings. The first kappa shape index (κ1) is 14.9. The van der Waals surface area contributed by atoms with Crippen LogP contribution in [0.2, 0.25) is 0 Å². The number of nitrogens with zero attached hydrogens (tertiary/aromatic N) is 2. The zero-order valence-corrected chi connectivity index (χ0v) is 12.4. The summed E-state index contributed by atoms with van der Waals surface area (Å²) >= 11 is 1.52. The van der Waals surface area contributed by atoms with Crippen molar-refractivity contribution in [3.63, 3.8) is 0 Å². The smallest absolute Gasteiger partial charge is 0.279 e. The van der Waals surface area contributed by atoms with Crippen molar-refractivity contribution in [2.45, 2.75) is 19.3 Å². The van der Waals surface area contributed by atoms with Crippen molar-refractivity contribution in [3.05, 3.63) is 16.6 Å². The van der Waals surface area contributed by atoms with Crippen LogP contribution in [-0.2, 0) is 16.6 Å². The van der Waals surface area contributed by atoms with Gasteiger partial charge >= 0.3 is 0 Å². The van der Waals surface area contributed by atoms with Crippen LogP contribution >= 0.6 is 11.3 Å². The maximum absolute atomic E-state index is 12.1. The molecule has 0 atom stereocenters. The van der Waals surface area contributed by atoms with E-state index in [1.165, 1.54) is 15.6 Å². The van der Waals surface area contributed by atoms with E-state index in [1.54, 1.807) is 5.51 Å². The third-order valence-corrected chi connectivity index (χ3v) is 5.65. The van der Waals surface area contributed by atoms with Gasteiger partial charge in [0.05, 0.1) is 11.2 Å². The van der Waals surface area contributed by atoms with Crippen LogP contribution in [0.15, 0.2) is 10.9 Å². The Bertz CT molecular complexity index is 467. The standard InChI is InChI=1S/C11H20N4O2S2/c12-7-10-2-5-15(6-3-10)19(16,17)14-4-1-11-8-18-9-13-11/h8-10,14H,1-7,12H2. The van der Waals surface area contributed by atoms with Gasteiger partial charge in [-0.2, -0.15) is 12.7 Å². The van der Waals surface area contributed by atoms with Crippen molar-refractivity contribution in [2.24, 2.45) is 11.7 Å². The zero-order valence-electron chi connectivity index (χ0n) is 10.8. The minimum Gasteiger partial charge on any atom is -0.330 e. The molecule has 6 nitrogen and oxygen atoms in total. The van der Waals surface area contributed by atoms with E-state index in [9.17, 15) is 8.42 Å². The van der Waals surface area contributed by atoms with E-state index >= 15 is 0 Å². The predicted molar refractivity (Wildman–Crippen MR) is 76.1 cm³/mol. The van der Waals surface area contributed by atoms with Gasteiger partial charge in [0.15, 0.2) is 0 Å². The molecule has 1 aliphatic rings. The van der Waals surface area contributed by atoms with Crippen molar-refractivity contribution in [3.8, 4) is 0 Å². The van der Waals surface area contributed by atoms with Gasteiger partial charge in [0.1, 0.15) is 0 Å². The number of thiazole rings is 1. The van der Waals surface area contributed by atoms with Crippen LogP contribution in [0.4, 0.5) is 0 Å². The fourth-order valence-electron chi connectivity index (χ4n) is 2.15. The van der Waals surface area contributed by atoms with Crippen LogP contribution in [0.5, 0.6) is 0 Å². The predicted octanol–water partition coefficient (Wildman–Crippen LogP) is 0.191. The van der Waals surface area contributed by atoms with Crippen molar-refractivity contribution in [1.82, 2.24) is 14.0 Å². The molecule has 0 radical (unpaired) electrons. The highest BCUT2D eigenvalue weighted by Crippen LogP contribution is 2.17. The first-order chi connectivity index (χ1) is 9.12. The maximum atomic E-state index is 12.1. The highest BCUT2D eigenvalue weighted by Gasteiger charge is 2.26. The van der Waals surface area contributed by atoms with E-state index in [2.05, 4.69) is 9.71 Å². The van der Waals surface area contributed by atoms with Crippen LogP contribution in [0.3, 0.4) is 0 Å². The van der Waals surface area contributed by atoms with Crippen LogP contribution in [0.25, 0.3) is 0 Å². The monoisotopic (exact) mass is 304 g/mol. The zero-order chi connectivity index (χ0) is 13.7. The molecule has 1 aliphatic heterocycles. The van der Waals surface area contributed by atoms with Gasteiger partial charge in [0, 0.05) is 31.4 Å². The second-order valence-electron chi connectivity index (χ2n) is 4.71. The van der Waals surface area contributed by atoms with E-state index in [1.807, 2.05) is 5.38 Å². The molecule has 3 N–H and O–H groups in total. The fourth-order valence-corrected chi connectivity index (χ4v) is 3.97. The quantitative estimate of drug-likeness (QED) is 0.785. The molecule has 8 heteroatoms. The van der Waals surface area contributed by atoms with Crippen LogP contribution in [0, 0.1) is 5.92 Å². The largest absolute Gasteiger partial charge is 0.330 e. The summed E-state index contributed by atoms with van der Waals surface area (Å²) in [6.07, 6.45) is 2.33. The summed E-state index contributed by atoms with van der Waals surface area (Å²) in [6, 6.07) is 0. The van der Waals surface area contributed by atoms with Gasteiger partial charge in [-0.05, 0) is 25.3 Å². The minimum atomic E-state index is -3.35. The molecule has 0 aliphatic carbocycles. The fraction of sp³-hybridized carbons (Fsp3) is 0.727. The Morgan fingerprint density at radius 2 is 2.21 bits per heavy atom. The normalized spacial score (nSPS) is 18.8. The number of piperidine rings is 1. The molecule has 19 heavy (non-hydrogen) atoms. The molecule has 0 bridgehead atoms. The Labute approximate surface area is 118 Å². The van der Waals surface area contributed by atoms with Crippen molar-refractivity contribution in [2.75, 3.05) is 26.2 Å². The molecule has 108 valence electrons. The van der Waals surface area contributed by atoms with Crippen molar-refractivity contribution in [1.29, 1.82) is 0 Å². The molecule has 1 aromatic heterocycles. The molecule has 0 aromatic carbocycles. The average Bonchev–Trinajstić information content (AvgIpc) is 2.92. The lowest BCUT2D eigenvalue weighted by Crippen LogP contribution is -2.46. The lowest BCUT2D eigenvalue weighted by molar-refractivity contribution is 0.276. The molecule has 0 saturated carbocycles. The molecular weight excluding hydrogens is 284 g/mol. The van der Waals surface area contributed by atoms with Crippen molar-refractivity contribution < 1.29 is 8.42 Å². The van der Waals surface area contributed by atoms with Gasteiger partial charge in [-0.1, -0.05) is 0 Å². The Morgan fingerprint density at radius 1 is 1.47 bits per heavy atom. The number of nitrogens with two attached hydrogens (primary N) is 1. The first-order valence-electron chi connectivity index (χ1n) is 6.43. The highest BCUT2D eigenvalue weighted by molar-refractivity contribution is 7.87. The summed E-state index contributed by atoms with van der Waals surface area (Å²) in [5.74, 6) is 0.460. The van der Waals surface area contributed by atoms with Crippen molar-refractivity contribution >= 4 is 21.5 Å². The Balaban J connectivity index is 1.78. The van der Waals surface area contributed by atoms with Gasteiger partial charge in [-0.3, -0.25) is 0 Å². The van der Waals surface area contributed by atoms with Crippen LogP contribution in [-0.4, -0.2) is 43.9 Å². The van der Waals surface area contributed by atoms with E-state index in [4.69, 9.17) is 5.73 Å². The number of hydrogen-bond acceptors (Lipinski definition) is 5. The van der Waals surface area contributed by atoms with E-state index in [-0.39, 0.29) is 0 Å². The second kappa shape index (κ2) is 6.76. The summed E-state index contributed by atoms with van der Waals surface area (Å²) in [5.41, 5.74) is 8.28. The molecule has 0 unspecified atom stereocenters. The lowest BCUT2D eigenvalue weighted by Gasteiger charge is -2.30. The third-order valence-electron chi connectivity index (χ3n) is 3.40. The average molecular weight is 304 g/mol.